The number of thiazole rings is 1. The number of aromatic nitrogens is 1. The third kappa shape index (κ3) is 7.14. The molecule has 1 aromatic heterocycles. The number of halogens is 2. The van der Waals surface area contributed by atoms with Crippen LogP contribution in [0.15, 0.2) is 117 Å². The van der Waals surface area contributed by atoms with Gasteiger partial charge in [-0.05, 0) is 77.9 Å². The largest absolute Gasteiger partial charge is 0.494 e. The lowest BCUT2D eigenvalue weighted by atomic mass is 9.93. The van der Waals surface area contributed by atoms with Crippen LogP contribution in [0.4, 0.5) is 0 Å². The van der Waals surface area contributed by atoms with Gasteiger partial charge < -0.3 is 14.2 Å². The van der Waals surface area contributed by atoms with Crippen molar-refractivity contribution < 1.29 is 19.0 Å². The third-order valence-electron chi connectivity index (χ3n) is 7.43. The van der Waals surface area contributed by atoms with Crippen LogP contribution in [0.25, 0.3) is 11.8 Å². The molecule has 5 aromatic rings. The highest BCUT2D eigenvalue weighted by Gasteiger charge is 2.35. The first-order chi connectivity index (χ1) is 22.9. The molecule has 0 N–H and O–H groups in total. The van der Waals surface area contributed by atoms with E-state index in [9.17, 15) is 9.59 Å². The summed E-state index contributed by atoms with van der Waals surface area (Å²) in [6, 6.07) is 30.0. The number of ether oxygens (including phenoxy) is 3. The zero-order valence-corrected chi connectivity index (χ0v) is 30.2. The van der Waals surface area contributed by atoms with Crippen LogP contribution in [-0.2, 0) is 16.1 Å². The van der Waals surface area contributed by atoms with Crippen LogP contribution in [-0.4, -0.2) is 23.8 Å². The third-order valence-corrected chi connectivity index (χ3v) is 9.67. The first kappa shape index (κ1) is 32.9. The van der Waals surface area contributed by atoms with E-state index in [1.54, 1.807) is 11.5 Å². The molecule has 0 fully saturated rings. The smallest absolute Gasteiger partial charge is 0.338 e. The van der Waals surface area contributed by atoms with Crippen LogP contribution in [0.3, 0.4) is 0 Å². The highest BCUT2D eigenvalue weighted by Crippen LogP contribution is 2.36. The molecule has 1 aliphatic rings. The van der Waals surface area contributed by atoms with Gasteiger partial charge in [0.2, 0.25) is 0 Å². The fourth-order valence-corrected chi connectivity index (χ4v) is 8.08. The Hall–Kier alpha value is -4.00. The summed E-state index contributed by atoms with van der Waals surface area (Å²) in [5.74, 6) is 0.839. The Kier molecular flexibility index (Phi) is 10.4. The molecular formula is C37H30BrIN2O5S. The zero-order valence-electron chi connectivity index (χ0n) is 25.6. The van der Waals surface area contributed by atoms with Gasteiger partial charge in [-0.15, -0.1) is 0 Å². The molecule has 2 heterocycles. The molecule has 0 aliphatic carbocycles. The highest BCUT2D eigenvalue weighted by molar-refractivity contribution is 14.1. The number of benzene rings is 4. The second-order valence-corrected chi connectivity index (χ2v) is 13.6. The minimum Gasteiger partial charge on any atom is -0.494 e. The second-order valence-electron chi connectivity index (χ2n) is 10.5. The van der Waals surface area contributed by atoms with Crippen LogP contribution >= 0.6 is 49.9 Å². The average Bonchev–Trinajstić information content (AvgIpc) is 3.39. The van der Waals surface area contributed by atoms with Gasteiger partial charge in [-0.2, -0.15) is 0 Å². The van der Waals surface area contributed by atoms with E-state index in [0.717, 1.165) is 30.3 Å². The van der Waals surface area contributed by atoms with Crippen molar-refractivity contribution in [1.29, 1.82) is 0 Å². The highest BCUT2D eigenvalue weighted by atomic mass is 127. The van der Waals surface area contributed by atoms with Crippen molar-refractivity contribution in [3.63, 3.8) is 0 Å². The summed E-state index contributed by atoms with van der Waals surface area (Å²) in [6.07, 6.45) is 1.84. The minimum atomic E-state index is -0.783. The van der Waals surface area contributed by atoms with Gasteiger partial charge in [-0.1, -0.05) is 100 Å². The molecule has 238 valence electrons. The molecular weight excluding hydrogens is 791 g/mol. The number of fused-ring (bicyclic) bond motifs is 1. The molecule has 7 nitrogen and oxygen atoms in total. The molecule has 47 heavy (non-hydrogen) atoms. The van der Waals surface area contributed by atoms with Crippen LogP contribution in [0, 0.1) is 3.57 Å². The first-order valence-corrected chi connectivity index (χ1v) is 17.7. The van der Waals surface area contributed by atoms with Gasteiger partial charge in [0.25, 0.3) is 5.56 Å². The topological polar surface area (TPSA) is 79.1 Å². The summed E-state index contributed by atoms with van der Waals surface area (Å²) in [4.78, 5) is 33.6. The summed E-state index contributed by atoms with van der Waals surface area (Å²) >= 11 is 7.13. The molecule has 0 amide bonds. The van der Waals surface area contributed by atoms with Gasteiger partial charge in [-0.3, -0.25) is 9.36 Å². The second kappa shape index (κ2) is 14.8. The molecule has 0 saturated heterocycles. The van der Waals surface area contributed by atoms with E-state index in [4.69, 9.17) is 19.2 Å². The molecule has 0 unspecified atom stereocenters. The summed E-state index contributed by atoms with van der Waals surface area (Å²) in [5.41, 5.74) is 3.76. The number of rotatable bonds is 10. The Morgan fingerprint density at radius 1 is 0.957 bits per heavy atom. The lowest BCUT2D eigenvalue weighted by Gasteiger charge is -2.26. The summed E-state index contributed by atoms with van der Waals surface area (Å²) < 4.78 is 21.4. The van der Waals surface area contributed by atoms with Crippen LogP contribution < -0.4 is 24.4 Å². The predicted octanol–water partition coefficient (Wildman–Crippen LogP) is 7.28. The molecule has 0 saturated carbocycles. The van der Waals surface area contributed by atoms with Crippen molar-refractivity contribution in [3.8, 4) is 11.5 Å². The van der Waals surface area contributed by atoms with Crippen molar-refractivity contribution in [3.05, 3.63) is 153 Å². The van der Waals surface area contributed by atoms with Gasteiger partial charge in [-0.25, -0.2) is 9.79 Å². The molecule has 4 aromatic carbocycles. The number of esters is 1. The van der Waals surface area contributed by atoms with E-state index in [0.29, 0.717) is 45.3 Å². The lowest BCUT2D eigenvalue weighted by molar-refractivity contribution is -0.138. The van der Waals surface area contributed by atoms with Gasteiger partial charge in [0.05, 0.1) is 38.6 Å². The van der Waals surface area contributed by atoms with Crippen molar-refractivity contribution >= 4 is 67.6 Å². The predicted molar refractivity (Wildman–Crippen MR) is 196 cm³/mol. The SMILES string of the molecule is CCOC(=O)C1=C(c2ccccc2)N=c2s/c(=C\c3cc(Br)cc(I)c3OCc3ccccc3)c(=O)n2[C@H]1c1ccc(OCC)cc1. The van der Waals surface area contributed by atoms with E-state index in [1.165, 1.54) is 11.3 Å². The fourth-order valence-electron chi connectivity index (χ4n) is 5.38. The molecule has 6 rings (SSSR count). The monoisotopic (exact) mass is 820 g/mol. The number of hydrogen-bond donors (Lipinski definition) is 0. The molecule has 1 atom stereocenters. The van der Waals surface area contributed by atoms with Crippen LogP contribution in [0.1, 0.15) is 42.1 Å². The molecule has 1 aliphatic heterocycles. The molecule has 0 radical (unpaired) electrons. The first-order valence-electron chi connectivity index (χ1n) is 15.0. The van der Waals surface area contributed by atoms with Gasteiger partial charge in [0.15, 0.2) is 4.80 Å². The van der Waals surface area contributed by atoms with Gasteiger partial charge >= 0.3 is 5.97 Å². The normalized spacial score (nSPS) is 14.4. The molecule has 10 heteroatoms. The quantitative estimate of drug-likeness (QED) is 0.109. The minimum absolute atomic E-state index is 0.179. The van der Waals surface area contributed by atoms with Gasteiger partial charge in [0, 0.05) is 15.6 Å². The lowest BCUT2D eigenvalue weighted by Crippen LogP contribution is -2.40. The molecule has 0 spiro atoms. The Morgan fingerprint density at radius 2 is 1.66 bits per heavy atom. The summed E-state index contributed by atoms with van der Waals surface area (Å²) in [6.45, 7) is 4.76. The number of nitrogens with zero attached hydrogens (tertiary/aromatic N) is 2. The fraction of sp³-hybridized carbons (Fsp3) is 0.162. The number of hydrogen-bond acceptors (Lipinski definition) is 7. The Balaban J connectivity index is 1.56. The van der Waals surface area contributed by atoms with Crippen LogP contribution in [0.5, 0.6) is 11.5 Å². The average molecular weight is 822 g/mol. The number of carbonyl (C=O) groups excluding carboxylic acids is 1. The van der Waals surface area contributed by atoms with E-state index in [1.807, 2.05) is 110 Å². The number of carbonyl (C=O) groups is 1. The Morgan fingerprint density at radius 3 is 2.34 bits per heavy atom. The Bertz CT molecular complexity index is 2130. The Labute approximate surface area is 298 Å². The maximum atomic E-state index is 14.4. The summed E-state index contributed by atoms with van der Waals surface area (Å²) in [5, 5.41) is 0. The van der Waals surface area contributed by atoms with E-state index >= 15 is 0 Å². The van der Waals surface area contributed by atoms with Crippen molar-refractivity contribution in [1.82, 2.24) is 4.57 Å². The summed E-state index contributed by atoms with van der Waals surface area (Å²) in [7, 11) is 0. The maximum absolute atomic E-state index is 14.4. The van der Waals surface area contributed by atoms with E-state index < -0.39 is 12.0 Å². The van der Waals surface area contributed by atoms with E-state index in [-0.39, 0.29) is 12.2 Å². The van der Waals surface area contributed by atoms with Crippen molar-refractivity contribution in [2.75, 3.05) is 13.2 Å². The zero-order chi connectivity index (χ0) is 32.9. The maximum Gasteiger partial charge on any atom is 0.338 e. The van der Waals surface area contributed by atoms with Crippen molar-refractivity contribution in [2.24, 2.45) is 4.99 Å². The van der Waals surface area contributed by atoms with Crippen LogP contribution in [0.2, 0.25) is 0 Å². The standard InChI is InChI=1S/C37H30BrIN2O5S/c1-3-44-28-17-15-25(16-18-28)33-31(36(43)45-4-2)32(24-13-9-6-10-14-24)40-37-41(33)35(42)30(47-37)20-26-19-27(38)21-29(39)34(26)46-22-23-11-7-5-8-12-23/h5-21,33H,3-4,22H2,1-2H3/b30-20-/t33-/m0/s1. The van der Waals surface area contributed by atoms with Crippen molar-refractivity contribution in [2.45, 2.75) is 26.5 Å². The molecule has 0 bridgehead atoms. The van der Waals surface area contributed by atoms with Gasteiger partial charge in [0.1, 0.15) is 18.1 Å². The van der Waals surface area contributed by atoms with E-state index in [2.05, 4.69) is 38.5 Å².